The SMILES string of the molecule is Cc1ccc(C#Cc2ccc(C#Cc3ccc4cc(F)c(F)cc4c3)cc2)cc1. The van der Waals surface area contributed by atoms with Crippen molar-refractivity contribution in [2.24, 2.45) is 0 Å². The fraction of sp³-hybridized carbons (Fsp3) is 0.0370. The smallest absolute Gasteiger partial charge is 0.159 e. The molecule has 0 aliphatic carbocycles. The van der Waals surface area contributed by atoms with Crippen LogP contribution in [0.15, 0.2) is 78.9 Å². The van der Waals surface area contributed by atoms with Crippen molar-refractivity contribution in [2.75, 3.05) is 0 Å². The van der Waals surface area contributed by atoms with Crippen LogP contribution in [0.1, 0.15) is 27.8 Å². The number of benzene rings is 4. The highest BCUT2D eigenvalue weighted by Gasteiger charge is 2.04. The molecule has 0 amide bonds. The average Bonchev–Trinajstić information content (AvgIpc) is 2.73. The van der Waals surface area contributed by atoms with Gasteiger partial charge in [-0.3, -0.25) is 0 Å². The summed E-state index contributed by atoms with van der Waals surface area (Å²) in [5.74, 6) is 10.8. The minimum absolute atomic E-state index is 0.623. The van der Waals surface area contributed by atoms with Crippen molar-refractivity contribution in [2.45, 2.75) is 6.92 Å². The fourth-order valence-electron chi connectivity index (χ4n) is 2.88. The molecular weight excluding hydrogens is 362 g/mol. The highest BCUT2D eigenvalue weighted by molar-refractivity contribution is 5.84. The lowest BCUT2D eigenvalue weighted by Crippen LogP contribution is -1.85. The molecule has 0 nitrogen and oxygen atoms in total. The van der Waals surface area contributed by atoms with Gasteiger partial charge in [-0.2, -0.15) is 0 Å². The van der Waals surface area contributed by atoms with Gasteiger partial charge < -0.3 is 0 Å². The van der Waals surface area contributed by atoms with Crippen LogP contribution < -0.4 is 0 Å². The van der Waals surface area contributed by atoms with Crippen LogP contribution in [0, 0.1) is 42.2 Å². The third kappa shape index (κ3) is 4.52. The lowest BCUT2D eigenvalue weighted by molar-refractivity contribution is 0.511. The number of fused-ring (bicyclic) bond motifs is 1. The molecule has 0 aliphatic rings. The summed E-state index contributed by atoms with van der Waals surface area (Å²) in [5.41, 5.74) is 4.71. The van der Waals surface area contributed by atoms with Crippen molar-refractivity contribution in [1.82, 2.24) is 0 Å². The summed E-state index contributed by atoms with van der Waals surface area (Å²) in [7, 11) is 0. The van der Waals surface area contributed by atoms with Crippen LogP contribution in [-0.2, 0) is 0 Å². The average molecular weight is 378 g/mol. The van der Waals surface area contributed by atoms with Gasteiger partial charge in [-0.15, -0.1) is 0 Å². The minimum atomic E-state index is -0.857. The van der Waals surface area contributed by atoms with Crippen LogP contribution in [0.4, 0.5) is 8.78 Å². The van der Waals surface area contributed by atoms with E-state index in [0.29, 0.717) is 10.8 Å². The van der Waals surface area contributed by atoms with Crippen molar-refractivity contribution >= 4 is 10.8 Å². The molecule has 0 atom stereocenters. The van der Waals surface area contributed by atoms with Crippen LogP contribution in [0.25, 0.3) is 10.8 Å². The van der Waals surface area contributed by atoms with Crippen molar-refractivity contribution < 1.29 is 8.78 Å². The molecule has 29 heavy (non-hydrogen) atoms. The number of hydrogen-bond donors (Lipinski definition) is 0. The van der Waals surface area contributed by atoms with Gasteiger partial charge >= 0.3 is 0 Å². The lowest BCUT2D eigenvalue weighted by Gasteiger charge is -2.00. The molecule has 4 rings (SSSR count). The van der Waals surface area contributed by atoms with Gasteiger partial charge in [0, 0.05) is 22.3 Å². The minimum Gasteiger partial charge on any atom is -0.204 e. The fourth-order valence-corrected chi connectivity index (χ4v) is 2.88. The van der Waals surface area contributed by atoms with Gasteiger partial charge in [0.15, 0.2) is 11.6 Å². The van der Waals surface area contributed by atoms with Gasteiger partial charge in [0.1, 0.15) is 0 Å². The van der Waals surface area contributed by atoms with E-state index in [1.165, 1.54) is 17.7 Å². The molecule has 0 aromatic heterocycles. The standard InChI is InChI=1S/C27H16F2/c1-19-2-4-20(5-3-19)6-7-21-8-10-22(11-9-21)12-13-23-14-15-24-17-26(28)27(29)18-25(24)16-23/h2-5,8-11,14-18H,1H3. The molecule has 138 valence electrons. The Balaban J connectivity index is 1.52. The predicted octanol–water partition coefficient (Wildman–Crippen LogP) is 6.23. The summed E-state index contributed by atoms with van der Waals surface area (Å²) < 4.78 is 26.7. The van der Waals surface area contributed by atoms with Crippen molar-refractivity contribution in [1.29, 1.82) is 0 Å². The molecule has 4 aromatic rings. The second-order valence-electron chi connectivity index (χ2n) is 6.77. The Bertz CT molecular complexity index is 1310. The second kappa shape index (κ2) is 8.01. The zero-order valence-corrected chi connectivity index (χ0v) is 15.8. The van der Waals surface area contributed by atoms with Crippen LogP contribution in [0.5, 0.6) is 0 Å². The van der Waals surface area contributed by atoms with E-state index in [-0.39, 0.29) is 0 Å². The predicted molar refractivity (Wildman–Crippen MR) is 113 cm³/mol. The summed E-state index contributed by atoms with van der Waals surface area (Å²) in [6.07, 6.45) is 0. The topological polar surface area (TPSA) is 0 Å². The van der Waals surface area contributed by atoms with Gasteiger partial charge in [0.2, 0.25) is 0 Å². The Morgan fingerprint density at radius 2 is 0.897 bits per heavy atom. The van der Waals surface area contributed by atoms with Gasteiger partial charge in [0.25, 0.3) is 0 Å². The molecule has 0 saturated carbocycles. The van der Waals surface area contributed by atoms with E-state index >= 15 is 0 Å². The van der Waals surface area contributed by atoms with Crippen LogP contribution in [-0.4, -0.2) is 0 Å². The Hall–Kier alpha value is -3.88. The molecule has 0 spiro atoms. The van der Waals surface area contributed by atoms with Crippen molar-refractivity contribution in [3.8, 4) is 23.7 Å². The molecule has 0 N–H and O–H groups in total. The Labute approximate surface area is 168 Å². The summed E-state index contributed by atoms with van der Waals surface area (Å²) in [5, 5.41) is 1.27. The van der Waals surface area contributed by atoms with E-state index < -0.39 is 11.6 Å². The van der Waals surface area contributed by atoms with Crippen molar-refractivity contribution in [3.05, 3.63) is 118 Å². The van der Waals surface area contributed by atoms with Crippen LogP contribution in [0.3, 0.4) is 0 Å². The molecule has 0 saturated heterocycles. The summed E-state index contributed by atoms with van der Waals surface area (Å²) >= 11 is 0. The zero-order chi connectivity index (χ0) is 20.2. The first-order valence-electron chi connectivity index (χ1n) is 9.16. The Morgan fingerprint density at radius 3 is 1.45 bits per heavy atom. The number of halogens is 2. The van der Waals surface area contributed by atoms with Crippen LogP contribution in [0.2, 0.25) is 0 Å². The van der Waals surface area contributed by atoms with Crippen molar-refractivity contribution in [3.63, 3.8) is 0 Å². The summed E-state index contributed by atoms with van der Waals surface area (Å²) in [6.45, 7) is 2.05. The molecule has 0 heterocycles. The monoisotopic (exact) mass is 378 g/mol. The molecule has 4 aromatic carbocycles. The summed E-state index contributed by atoms with van der Waals surface area (Å²) in [6, 6.07) is 23.5. The molecule has 0 unspecified atom stereocenters. The van der Waals surface area contributed by atoms with E-state index in [4.69, 9.17) is 0 Å². The first-order valence-corrected chi connectivity index (χ1v) is 9.16. The molecule has 0 fully saturated rings. The molecular formula is C27H16F2. The Kier molecular flexibility index (Phi) is 5.10. The second-order valence-corrected chi connectivity index (χ2v) is 6.77. The lowest BCUT2D eigenvalue weighted by atomic mass is 10.1. The maximum atomic E-state index is 13.4. The third-order valence-electron chi connectivity index (χ3n) is 4.52. The first-order chi connectivity index (χ1) is 14.1. The number of aryl methyl sites for hydroxylation is 1. The van der Waals surface area contributed by atoms with E-state index in [9.17, 15) is 8.78 Å². The van der Waals surface area contributed by atoms with Gasteiger partial charge in [-0.05, 0) is 78.4 Å². The van der Waals surface area contributed by atoms with E-state index in [1.54, 1.807) is 18.2 Å². The maximum absolute atomic E-state index is 13.4. The van der Waals surface area contributed by atoms with Gasteiger partial charge in [0.05, 0.1) is 0 Å². The number of hydrogen-bond acceptors (Lipinski definition) is 0. The van der Waals surface area contributed by atoms with E-state index in [1.807, 2.05) is 55.5 Å². The molecule has 0 bridgehead atoms. The maximum Gasteiger partial charge on any atom is 0.159 e. The molecule has 0 radical (unpaired) electrons. The Morgan fingerprint density at radius 1 is 0.483 bits per heavy atom. The highest BCUT2D eigenvalue weighted by atomic mass is 19.2. The van der Waals surface area contributed by atoms with Gasteiger partial charge in [-0.25, -0.2) is 8.78 Å². The molecule has 0 aliphatic heterocycles. The molecule has 2 heteroatoms. The normalized spacial score (nSPS) is 10.0. The number of rotatable bonds is 0. The van der Waals surface area contributed by atoms with Crippen LogP contribution >= 0.6 is 0 Å². The van der Waals surface area contributed by atoms with E-state index in [0.717, 1.165) is 22.3 Å². The quantitative estimate of drug-likeness (QED) is 0.318. The largest absolute Gasteiger partial charge is 0.204 e. The van der Waals surface area contributed by atoms with E-state index in [2.05, 4.69) is 23.7 Å². The summed E-state index contributed by atoms with van der Waals surface area (Å²) in [4.78, 5) is 0. The first kappa shape index (κ1) is 18.5. The van der Waals surface area contributed by atoms with Gasteiger partial charge in [-0.1, -0.05) is 47.4 Å². The zero-order valence-electron chi connectivity index (χ0n) is 15.8. The third-order valence-corrected chi connectivity index (χ3v) is 4.52. The highest BCUT2D eigenvalue weighted by Crippen LogP contribution is 2.19.